The van der Waals surface area contributed by atoms with Crippen molar-refractivity contribution in [3.8, 4) is 0 Å². The Bertz CT molecular complexity index is 197. The molecular weight excluding hydrogens is 176 g/mol. The van der Waals surface area contributed by atoms with Gasteiger partial charge in [0, 0.05) is 19.0 Å². The first-order chi connectivity index (χ1) is 6.56. The van der Waals surface area contributed by atoms with Crippen molar-refractivity contribution >= 4 is 5.91 Å². The summed E-state index contributed by atoms with van der Waals surface area (Å²) in [6.45, 7) is 5.45. The largest absolute Gasteiger partial charge is 0.359 e. The van der Waals surface area contributed by atoms with Crippen molar-refractivity contribution in [2.45, 2.75) is 45.1 Å². The fourth-order valence-electron chi connectivity index (χ4n) is 1.73. The van der Waals surface area contributed by atoms with E-state index in [1.807, 2.05) is 0 Å². The predicted molar refractivity (Wildman–Crippen MR) is 58.1 cm³/mol. The van der Waals surface area contributed by atoms with Crippen LogP contribution in [0.2, 0.25) is 0 Å². The van der Waals surface area contributed by atoms with Crippen molar-refractivity contribution in [1.82, 2.24) is 10.6 Å². The second-order valence-electron chi connectivity index (χ2n) is 4.70. The second-order valence-corrected chi connectivity index (χ2v) is 4.70. The van der Waals surface area contributed by atoms with Gasteiger partial charge in [-0.25, -0.2) is 0 Å². The molecule has 0 saturated heterocycles. The number of carbonyl (C=O) groups excluding carboxylic acids is 1. The van der Waals surface area contributed by atoms with E-state index in [0.717, 1.165) is 18.9 Å². The molecule has 3 heteroatoms. The Morgan fingerprint density at radius 1 is 1.43 bits per heavy atom. The van der Waals surface area contributed by atoms with E-state index < -0.39 is 0 Å². The van der Waals surface area contributed by atoms with Crippen LogP contribution in [0.5, 0.6) is 0 Å². The minimum Gasteiger partial charge on any atom is -0.359 e. The molecule has 0 heterocycles. The molecule has 1 fully saturated rings. The predicted octanol–water partition coefficient (Wildman–Crippen LogP) is 1.29. The summed E-state index contributed by atoms with van der Waals surface area (Å²) >= 11 is 0. The van der Waals surface area contributed by atoms with Crippen LogP contribution >= 0.6 is 0 Å². The SMILES string of the molecule is CNC(=O)CCCNC(C)(C)C1CC1. The topological polar surface area (TPSA) is 41.1 Å². The van der Waals surface area contributed by atoms with E-state index in [0.29, 0.717) is 6.42 Å². The van der Waals surface area contributed by atoms with Gasteiger partial charge in [-0.3, -0.25) is 4.79 Å². The Morgan fingerprint density at radius 3 is 2.57 bits per heavy atom. The summed E-state index contributed by atoms with van der Waals surface area (Å²) in [5, 5.41) is 6.15. The van der Waals surface area contributed by atoms with Gasteiger partial charge in [-0.05, 0) is 45.6 Å². The standard InChI is InChI=1S/C11H22N2O/c1-11(2,9-6-7-9)13-8-4-5-10(14)12-3/h9,13H,4-8H2,1-3H3,(H,12,14). The van der Waals surface area contributed by atoms with Gasteiger partial charge >= 0.3 is 0 Å². The van der Waals surface area contributed by atoms with Gasteiger partial charge in [-0.2, -0.15) is 0 Å². The third-order valence-corrected chi connectivity index (χ3v) is 3.04. The van der Waals surface area contributed by atoms with Crippen molar-refractivity contribution in [2.24, 2.45) is 5.92 Å². The van der Waals surface area contributed by atoms with Gasteiger partial charge in [0.05, 0.1) is 0 Å². The van der Waals surface area contributed by atoms with Crippen molar-refractivity contribution in [3.63, 3.8) is 0 Å². The van der Waals surface area contributed by atoms with E-state index in [1.54, 1.807) is 7.05 Å². The van der Waals surface area contributed by atoms with Crippen LogP contribution in [0.4, 0.5) is 0 Å². The number of rotatable bonds is 6. The smallest absolute Gasteiger partial charge is 0.219 e. The van der Waals surface area contributed by atoms with Crippen LogP contribution in [0, 0.1) is 5.92 Å². The Hall–Kier alpha value is -0.570. The summed E-state index contributed by atoms with van der Waals surface area (Å²) in [6, 6.07) is 0. The van der Waals surface area contributed by atoms with Gasteiger partial charge < -0.3 is 10.6 Å². The maximum atomic E-state index is 10.9. The number of hydrogen-bond acceptors (Lipinski definition) is 2. The van der Waals surface area contributed by atoms with Crippen LogP contribution in [0.3, 0.4) is 0 Å². The average Bonchev–Trinajstić information content (AvgIpc) is 2.95. The fourth-order valence-corrected chi connectivity index (χ4v) is 1.73. The molecular formula is C11H22N2O. The maximum Gasteiger partial charge on any atom is 0.219 e. The molecule has 1 amide bonds. The Kier molecular flexibility index (Phi) is 3.93. The molecule has 3 nitrogen and oxygen atoms in total. The van der Waals surface area contributed by atoms with Gasteiger partial charge in [0.25, 0.3) is 0 Å². The summed E-state index contributed by atoms with van der Waals surface area (Å²) in [4.78, 5) is 10.9. The van der Waals surface area contributed by atoms with Gasteiger partial charge in [0.1, 0.15) is 0 Å². The molecule has 14 heavy (non-hydrogen) atoms. The van der Waals surface area contributed by atoms with Crippen LogP contribution in [0.1, 0.15) is 39.5 Å². The highest BCUT2D eigenvalue weighted by molar-refractivity contribution is 5.75. The lowest BCUT2D eigenvalue weighted by molar-refractivity contribution is -0.120. The van der Waals surface area contributed by atoms with Gasteiger partial charge in [-0.15, -0.1) is 0 Å². The number of hydrogen-bond donors (Lipinski definition) is 2. The van der Waals surface area contributed by atoms with Crippen molar-refractivity contribution in [2.75, 3.05) is 13.6 Å². The number of nitrogens with one attached hydrogen (secondary N) is 2. The molecule has 1 rings (SSSR count). The molecule has 0 aromatic carbocycles. The molecule has 0 aromatic heterocycles. The minimum atomic E-state index is 0.135. The Balaban J connectivity index is 2.05. The summed E-state index contributed by atoms with van der Waals surface area (Å²) in [5.41, 5.74) is 0.267. The quantitative estimate of drug-likeness (QED) is 0.631. The van der Waals surface area contributed by atoms with Crippen molar-refractivity contribution < 1.29 is 4.79 Å². The zero-order valence-corrected chi connectivity index (χ0v) is 9.52. The third kappa shape index (κ3) is 3.66. The molecule has 1 saturated carbocycles. The van der Waals surface area contributed by atoms with Crippen molar-refractivity contribution in [1.29, 1.82) is 0 Å². The van der Waals surface area contributed by atoms with E-state index in [1.165, 1.54) is 12.8 Å². The molecule has 0 aromatic rings. The summed E-state index contributed by atoms with van der Waals surface area (Å²) < 4.78 is 0. The summed E-state index contributed by atoms with van der Waals surface area (Å²) in [5.74, 6) is 0.985. The van der Waals surface area contributed by atoms with E-state index in [9.17, 15) is 4.79 Å². The molecule has 2 N–H and O–H groups in total. The van der Waals surface area contributed by atoms with Crippen LogP contribution < -0.4 is 10.6 Å². The average molecular weight is 198 g/mol. The maximum absolute atomic E-state index is 10.9. The third-order valence-electron chi connectivity index (χ3n) is 3.04. The highest BCUT2D eigenvalue weighted by Gasteiger charge is 2.36. The molecule has 0 aliphatic heterocycles. The molecule has 1 aliphatic carbocycles. The second kappa shape index (κ2) is 4.78. The van der Waals surface area contributed by atoms with Crippen LogP contribution in [0.25, 0.3) is 0 Å². The van der Waals surface area contributed by atoms with E-state index in [2.05, 4.69) is 24.5 Å². The molecule has 1 aliphatic rings. The van der Waals surface area contributed by atoms with E-state index in [-0.39, 0.29) is 11.4 Å². The normalized spacial score (nSPS) is 16.8. The first kappa shape index (κ1) is 11.5. The monoisotopic (exact) mass is 198 g/mol. The molecule has 82 valence electrons. The highest BCUT2D eigenvalue weighted by Crippen LogP contribution is 2.39. The zero-order valence-electron chi connectivity index (χ0n) is 9.52. The van der Waals surface area contributed by atoms with Crippen LogP contribution in [-0.4, -0.2) is 25.0 Å². The van der Waals surface area contributed by atoms with Gasteiger partial charge in [0.15, 0.2) is 0 Å². The fraction of sp³-hybridized carbons (Fsp3) is 0.909. The summed E-state index contributed by atoms with van der Waals surface area (Å²) in [7, 11) is 1.68. The Morgan fingerprint density at radius 2 is 2.07 bits per heavy atom. The van der Waals surface area contributed by atoms with Crippen LogP contribution in [-0.2, 0) is 4.79 Å². The lowest BCUT2D eigenvalue weighted by atomic mass is 9.98. The number of amides is 1. The lowest BCUT2D eigenvalue weighted by Gasteiger charge is -2.26. The number of carbonyl (C=O) groups is 1. The lowest BCUT2D eigenvalue weighted by Crippen LogP contribution is -2.42. The Labute approximate surface area is 86.6 Å². The van der Waals surface area contributed by atoms with Crippen LogP contribution in [0.15, 0.2) is 0 Å². The first-order valence-corrected chi connectivity index (χ1v) is 5.52. The van der Waals surface area contributed by atoms with Gasteiger partial charge in [-0.1, -0.05) is 0 Å². The molecule has 0 unspecified atom stereocenters. The highest BCUT2D eigenvalue weighted by atomic mass is 16.1. The summed E-state index contributed by atoms with van der Waals surface area (Å²) in [6.07, 6.45) is 4.27. The van der Waals surface area contributed by atoms with E-state index >= 15 is 0 Å². The molecule has 0 atom stereocenters. The zero-order chi connectivity index (χ0) is 10.6. The minimum absolute atomic E-state index is 0.135. The first-order valence-electron chi connectivity index (χ1n) is 5.52. The van der Waals surface area contributed by atoms with Crippen molar-refractivity contribution in [3.05, 3.63) is 0 Å². The van der Waals surface area contributed by atoms with Gasteiger partial charge in [0.2, 0.25) is 5.91 Å². The molecule has 0 radical (unpaired) electrons. The molecule has 0 spiro atoms. The van der Waals surface area contributed by atoms with E-state index in [4.69, 9.17) is 0 Å². The molecule has 0 bridgehead atoms.